The molecule has 0 aromatic heterocycles. The molecule has 0 saturated carbocycles. The Bertz CT molecular complexity index is 91.8. The van der Waals surface area contributed by atoms with Crippen LogP contribution in [0.2, 0.25) is 0 Å². The van der Waals surface area contributed by atoms with Crippen LogP contribution in [0.3, 0.4) is 0 Å². The van der Waals surface area contributed by atoms with Crippen molar-refractivity contribution in [1.29, 1.82) is 0 Å². The van der Waals surface area contributed by atoms with Gasteiger partial charge in [0.05, 0.1) is 6.54 Å². The Balaban J connectivity index is 2.13. The summed E-state index contributed by atoms with van der Waals surface area (Å²) in [6.45, 7) is 0.938. The van der Waals surface area contributed by atoms with Crippen LogP contribution in [-0.4, -0.2) is 12.3 Å². The molecule has 0 bridgehead atoms. The molecule has 0 amide bonds. The minimum absolute atomic E-state index is 0.938. The zero-order valence-corrected chi connectivity index (χ0v) is 7.07. The summed E-state index contributed by atoms with van der Waals surface area (Å²) in [5.74, 6) is 1.16. The van der Waals surface area contributed by atoms with Crippen molar-refractivity contribution in [3.63, 3.8) is 0 Å². The van der Waals surface area contributed by atoms with Crippen molar-refractivity contribution < 1.29 is 0 Å². The lowest BCUT2D eigenvalue weighted by Crippen LogP contribution is -1.85. The minimum atomic E-state index is 0.938. The largest absolute Gasteiger partial charge is 0.182 e. The Hall–Kier alpha value is -0.0500. The number of hydrogen-bond acceptors (Lipinski definition) is 3. The molecule has 0 atom stereocenters. The summed E-state index contributed by atoms with van der Waals surface area (Å²) in [6, 6.07) is 0. The van der Waals surface area contributed by atoms with E-state index >= 15 is 0 Å². The molecule has 1 rings (SSSR count). The molecule has 58 valence electrons. The van der Waals surface area contributed by atoms with Crippen LogP contribution in [0.1, 0.15) is 32.1 Å². The lowest BCUT2D eigenvalue weighted by atomic mass is 10.2. The molecule has 0 spiro atoms. The molecule has 1 aliphatic rings. The maximum atomic E-state index is 4.02. The van der Waals surface area contributed by atoms with Crippen LogP contribution in [0.4, 0.5) is 0 Å². The van der Waals surface area contributed by atoms with Gasteiger partial charge in [-0.1, -0.05) is 19.3 Å². The minimum Gasteiger partial charge on any atom is -0.182 e. The first-order valence-corrected chi connectivity index (χ1v) is 4.93. The Labute approximate surface area is 66.6 Å². The van der Waals surface area contributed by atoms with Gasteiger partial charge in [0.25, 0.3) is 0 Å². The standard InChI is InChI=1S/C7H14N2S/c1-2-4-6-8-9-10-7-5-3-1/h1-7H2/b9-8-. The van der Waals surface area contributed by atoms with Crippen molar-refractivity contribution in [2.24, 2.45) is 9.63 Å². The topological polar surface area (TPSA) is 24.7 Å². The van der Waals surface area contributed by atoms with Crippen molar-refractivity contribution in [2.75, 3.05) is 12.3 Å². The quantitative estimate of drug-likeness (QED) is 0.497. The van der Waals surface area contributed by atoms with E-state index in [9.17, 15) is 0 Å². The molecule has 0 saturated heterocycles. The van der Waals surface area contributed by atoms with Crippen molar-refractivity contribution in [1.82, 2.24) is 0 Å². The van der Waals surface area contributed by atoms with Crippen LogP contribution in [0.5, 0.6) is 0 Å². The molecule has 1 heterocycles. The van der Waals surface area contributed by atoms with E-state index in [-0.39, 0.29) is 0 Å². The zero-order chi connectivity index (χ0) is 7.07. The maximum Gasteiger partial charge on any atom is 0.0609 e. The van der Waals surface area contributed by atoms with E-state index in [0.717, 1.165) is 12.3 Å². The van der Waals surface area contributed by atoms with Crippen LogP contribution in [-0.2, 0) is 0 Å². The number of nitrogens with zero attached hydrogens (tertiary/aromatic N) is 2. The molecule has 10 heavy (non-hydrogen) atoms. The Morgan fingerprint density at radius 1 is 0.900 bits per heavy atom. The molecular formula is C7H14N2S. The van der Waals surface area contributed by atoms with Crippen molar-refractivity contribution in [3.05, 3.63) is 0 Å². The van der Waals surface area contributed by atoms with Crippen LogP contribution >= 0.6 is 11.9 Å². The van der Waals surface area contributed by atoms with Gasteiger partial charge in [0.2, 0.25) is 0 Å². The molecule has 0 aliphatic carbocycles. The van der Waals surface area contributed by atoms with E-state index in [0.29, 0.717) is 0 Å². The number of hydrogen-bond donors (Lipinski definition) is 0. The molecule has 0 fully saturated rings. The van der Waals surface area contributed by atoms with Gasteiger partial charge >= 0.3 is 0 Å². The highest BCUT2D eigenvalue weighted by molar-refractivity contribution is 7.97. The van der Waals surface area contributed by atoms with Gasteiger partial charge in [-0.05, 0) is 24.8 Å². The van der Waals surface area contributed by atoms with Gasteiger partial charge < -0.3 is 0 Å². The monoisotopic (exact) mass is 158 g/mol. The summed E-state index contributed by atoms with van der Waals surface area (Å²) < 4.78 is 3.97. The molecule has 0 aromatic rings. The molecule has 0 N–H and O–H groups in total. The third kappa shape index (κ3) is 3.88. The summed E-state index contributed by atoms with van der Waals surface area (Å²) in [5.41, 5.74) is 0. The Morgan fingerprint density at radius 2 is 1.70 bits per heavy atom. The predicted octanol–water partition coefficient (Wildman–Crippen LogP) is 3.05. The summed E-state index contributed by atoms with van der Waals surface area (Å²) in [4.78, 5) is 0. The van der Waals surface area contributed by atoms with E-state index in [1.165, 1.54) is 32.1 Å². The average Bonchev–Trinajstić information content (AvgIpc) is 2.01. The van der Waals surface area contributed by atoms with Gasteiger partial charge in [0, 0.05) is 5.75 Å². The molecular weight excluding hydrogens is 144 g/mol. The highest BCUT2D eigenvalue weighted by Gasteiger charge is 1.93. The van der Waals surface area contributed by atoms with Gasteiger partial charge in [0.15, 0.2) is 0 Å². The fraction of sp³-hybridized carbons (Fsp3) is 1.00. The first-order chi connectivity index (χ1) is 5.00. The van der Waals surface area contributed by atoms with E-state index in [4.69, 9.17) is 0 Å². The molecule has 0 aromatic carbocycles. The maximum absolute atomic E-state index is 4.02. The van der Waals surface area contributed by atoms with Crippen molar-refractivity contribution >= 4 is 11.9 Å². The second kappa shape index (κ2) is 5.71. The van der Waals surface area contributed by atoms with Gasteiger partial charge in [-0.3, -0.25) is 0 Å². The fourth-order valence-corrected chi connectivity index (χ4v) is 1.58. The number of rotatable bonds is 0. The van der Waals surface area contributed by atoms with Gasteiger partial charge in [-0.15, -0.1) is 4.52 Å². The van der Waals surface area contributed by atoms with Crippen LogP contribution in [0.15, 0.2) is 9.63 Å². The van der Waals surface area contributed by atoms with E-state index in [1.54, 1.807) is 11.9 Å². The van der Waals surface area contributed by atoms with E-state index in [1.807, 2.05) is 0 Å². The summed E-state index contributed by atoms with van der Waals surface area (Å²) in [5, 5.41) is 4.02. The SMILES string of the molecule is C1CCC/N=N\SCCC1. The van der Waals surface area contributed by atoms with Gasteiger partial charge in [0.1, 0.15) is 0 Å². The smallest absolute Gasteiger partial charge is 0.0609 e. The molecule has 2 nitrogen and oxygen atoms in total. The van der Waals surface area contributed by atoms with E-state index in [2.05, 4.69) is 9.63 Å². The third-order valence-electron chi connectivity index (χ3n) is 1.61. The second-order valence-electron chi connectivity index (χ2n) is 2.55. The third-order valence-corrected chi connectivity index (χ3v) is 2.31. The lowest BCUT2D eigenvalue weighted by molar-refractivity contribution is 0.633. The molecule has 1 aliphatic heterocycles. The second-order valence-corrected chi connectivity index (χ2v) is 3.38. The van der Waals surface area contributed by atoms with E-state index < -0.39 is 0 Å². The molecule has 0 radical (unpaired) electrons. The first kappa shape index (κ1) is 8.05. The average molecular weight is 158 g/mol. The van der Waals surface area contributed by atoms with Crippen LogP contribution in [0, 0.1) is 0 Å². The van der Waals surface area contributed by atoms with Gasteiger partial charge in [-0.25, -0.2) is 0 Å². The highest BCUT2D eigenvalue weighted by Crippen LogP contribution is 2.12. The van der Waals surface area contributed by atoms with Crippen molar-refractivity contribution in [3.8, 4) is 0 Å². The highest BCUT2D eigenvalue weighted by atomic mass is 32.2. The molecule has 3 heteroatoms. The normalized spacial score (nSPS) is 25.6. The lowest BCUT2D eigenvalue weighted by Gasteiger charge is -2.00. The summed E-state index contributed by atoms with van der Waals surface area (Å²) >= 11 is 1.61. The van der Waals surface area contributed by atoms with Gasteiger partial charge in [-0.2, -0.15) is 5.11 Å². The van der Waals surface area contributed by atoms with Crippen LogP contribution in [0.25, 0.3) is 0 Å². The molecule has 0 unspecified atom stereocenters. The first-order valence-electron chi connectivity index (χ1n) is 3.99. The summed E-state index contributed by atoms with van der Waals surface area (Å²) in [7, 11) is 0. The van der Waals surface area contributed by atoms with Crippen LogP contribution < -0.4 is 0 Å². The summed E-state index contributed by atoms with van der Waals surface area (Å²) in [6.07, 6.45) is 6.63. The fourth-order valence-electron chi connectivity index (χ4n) is 1.00. The Morgan fingerprint density at radius 3 is 2.70 bits per heavy atom. The van der Waals surface area contributed by atoms with Crippen molar-refractivity contribution in [2.45, 2.75) is 32.1 Å². The Kier molecular flexibility index (Phi) is 4.60. The predicted molar refractivity (Wildman–Crippen MR) is 45.3 cm³/mol. The zero-order valence-electron chi connectivity index (χ0n) is 6.25.